The fourth-order valence-corrected chi connectivity index (χ4v) is 0.930. The predicted molar refractivity (Wildman–Crippen MR) is 58.1 cm³/mol. The van der Waals surface area contributed by atoms with Gasteiger partial charge in [-0.3, -0.25) is 4.79 Å². The van der Waals surface area contributed by atoms with Crippen LogP contribution in [0.25, 0.3) is 0 Å². The molecule has 14 heavy (non-hydrogen) atoms. The zero-order chi connectivity index (χ0) is 11.4. The molecule has 84 valence electrons. The van der Waals surface area contributed by atoms with Gasteiger partial charge in [0.25, 0.3) is 0 Å². The number of ether oxygens (including phenoxy) is 1. The van der Waals surface area contributed by atoms with Gasteiger partial charge in [-0.25, -0.2) is 0 Å². The van der Waals surface area contributed by atoms with Crippen LogP contribution >= 0.6 is 0 Å². The van der Waals surface area contributed by atoms with E-state index in [1.54, 1.807) is 7.11 Å². The van der Waals surface area contributed by atoms with Gasteiger partial charge in [0, 0.05) is 13.2 Å². The van der Waals surface area contributed by atoms with Crippen LogP contribution < -0.4 is 5.32 Å². The molecule has 0 saturated heterocycles. The topological polar surface area (TPSA) is 38.3 Å². The molecule has 3 heteroatoms. The highest BCUT2D eigenvalue weighted by Gasteiger charge is 2.22. The lowest BCUT2D eigenvalue weighted by atomic mass is 10.0. The molecule has 0 aliphatic carbocycles. The van der Waals surface area contributed by atoms with E-state index in [1.165, 1.54) is 0 Å². The van der Waals surface area contributed by atoms with Gasteiger partial charge in [0.15, 0.2) is 0 Å². The molecule has 0 unspecified atom stereocenters. The number of hydrogen-bond donors (Lipinski definition) is 1. The Morgan fingerprint density at radius 2 is 1.86 bits per heavy atom. The van der Waals surface area contributed by atoms with E-state index in [-0.39, 0.29) is 17.6 Å². The molecule has 3 nitrogen and oxygen atoms in total. The molecule has 0 radical (unpaired) electrons. The summed E-state index contributed by atoms with van der Waals surface area (Å²) in [7, 11) is 1.62. The van der Waals surface area contributed by atoms with E-state index in [4.69, 9.17) is 4.74 Å². The summed E-state index contributed by atoms with van der Waals surface area (Å²) in [5.74, 6) is 0.516. The summed E-state index contributed by atoms with van der Waals surface area (Å²) in [6.07, 6.45) is 0.403. The van der Waals surface area contributed by atoms with Crippen molar-refractivity contribution in [3.8, 4) is 0 Å². The molecular weight excluding hydrogens is 178 g/mol. The van der Waals surface area contributed by atoms with Crippen molar-refractivity contribution < 1.29 is 9.53 Å². The zero-order valence-electron chi connectivity index (χ0n) is 10.2. The minimum atomic E-state index is -0.374. The highest BCUT2D eigenvalue weighted by molar-refractivity contribution is 5.77. The number of carbonyl (C=O) groups excluding carboxylic acids is 1. The molecule has 0 aliphatic heterocycles. The minimum Gasteiger partial charge on any atom is -0.378 e. The van der Waals surface area contributed by atoms with Crippen LogP contribution in [0.5, 0.6) is 0 Å². The van der Waals surface area contributed by atoms with E-state index < -0.39 is 0 Å². The van der Waals surface area contributed by atoms with Crippen LogP contribution in [0.3, 0.4) is 0 Å². The molecule has 0 aliphatic rings. The summed E-state index contributed by atoms with van der Waals surface area (Å²) >= 11 is 0. The van der Waals surface area contributed by atoms with E-state index >= 15 is 0 Å². The molecule has 0 bridgehead atoms. The molecule has 1 atom stereocenters. The fraction of sp³-hybridized carbons (Fsp3) is 0.909. The third-order valence-corrected chi connectivity index (χ3v) is 2.53. The Kier molecular flexibility index (Phi) is 5.13. The summed E-state index contributed by atoms with van der Waals surface area (Å²) in [4.78, 5) is 11.5. The van der Waals surface area contributed by atoms with E-state index in [0.29, 0.717) is 12.3 Å². The highest BCUT2D eigenvalue weighted by Crippen LogP contribution is 2.13. The molecule has 1 N–H and O–H groups in total. The van der Waals surface area contributed by atoms with Gasteiger partial charge in [-0.15, -0.1) is 0 Å². The van der Waals surface area contributed by atoms with Gasteiger partial charge in [0.2, 0.25) is 5.91 Å². The highest BCUT2D eigenvalue weighted by atomic mass is 16.5. The lowest BCUT2D eigenvalue weighted by Gasteiger charge is -2.24. The number of methoxy groups -OCH3 is 1. The predicted octanol–water partition coefficient (Wildman–Crippen LogP) is 1.96. The second kappa shape index (κ2) is 5.35. The summed E-state index contributed by atoms with van der Waals surface area (Å²) in [6, 6.07) is 0.218. The van der Waals surface area contributed by atoms with Crippen LogP contribution in [0.15, 0.2) is 0 Å². The van der Waals surface area contributed by atoms with Crippen molar-refractivity contribution in [2.24, 2.45) is 5.92 Å². The molecule has 0 aromatic heterocycles. The Hall–Kier alpha value is -0.570. The fourth-order valence-electron chi connectivity index (χ4n) is 0.930. The number of amides is 1. The van der Waals surface area contributed by atoms with E-state index in [2.05, 4.69) is 19.2 Å². The van der Waals surface area contributed by atoms with Crippen LogP contribution in [-0.2, 0) is 9.53 Å². The van der Waals surface area contributed by atoms with Crippen LogP contribution in [0.4, 0.5) is 0 Å². The Morgan fingerprint density at radius 1 is 1.36 bits per heavy atom. The molecule has 0 fully saturated rings. The Labute approximate surface area is 87.2 Å². The van der Waals surface area contributed by atoms with Crippen LogP contribution in [0.1, 0.15) is 41.0 Å². The number of hydrogen-bond acceptors (Lipinski definition) is 2. The zero-order valence-corrected chi connectivity index (χ0v) is 10.2. The molecule has 0 aromatic rings. The summed E-state index contributed by atoms with van der Waals surface area (Å²) in [6.45, 7) is 10.0. The van der Waals surface area contributed by atoms with Crippen molar-refractivity contribution in [2.75, 3.05) is 7.11 Å². The smallest absolute Gasteiger partial charge is 0.223 e. The summed E-state index contributed by atoms with van der Waals surface area (Å²) < 4.78 is 5.19. The quantitative estimate of drug-likeness (QED) is 0.738. The first kappa shape index (κ1) is 13.4. The van der Waals surface area contributed by atoms with Crippen LogP contribution in [-0.4, -0.2) is 24.7 Å². The second-order valence-electron chi connectivity index (χ2n) is 4.74. The van der Waals surface area contributed by atoms with Gasteiger partial charge in [0.1, 0.15) is 0 Å². The van der Waals surface area contributed by atoms with Crippen molar-refractivity contribution in [1.82, 2.24) is 5.32 Å². The maximum atomic E-state index is 11.5. The van der Waals surface area contributed by atoms with E-state index in [1.807, 2.05) is 20.8 Å². The monoisotopic (exact) mass is 201 g/mol. The lowest BCUT2D eigenvalue weighted by molar-refractivity contribution is -0.127. The standard InChI is InChI=1S/C11H23NO2/c1-8(2)9(3)12-10(13)7-11(4,5)14-6/h8-9H,7H2,1-6H3,(H,12,13)/t9-/m1/s1. The van der Waals surface area contributed by atoms with Gasteiger partial charge in [0.05, 0.1) is 12.0 Å². The Morgan fingerprint density at radius 3 is 2.21 bits per heavy atom. The van der Waals surface area contributed by atoms with Gasteiger partial charge in [-0.05, 0) is 26.7 Å². The van der Waals surface area contributed by atoms with Crippen LogP contribution in [0.2, 0.25) is 0 Å². The number of rotatable bonds is 5. The van der Waals surface area contributed by atoms with Crippen molar-refractivity contribution in [3.63, 3.8) is 0 Å². The summed E-state index contributed by atoms with van der Waals surface area (Å²) in [5, 5.41) is 2.95. The summed E-state index contributed by atoms with van der Waals surface area (Å²) in [5.41, 5.74) is -0.374. The van der Waals surface area contributed by atoms with Gasteiger partial charge >= 0.3 is 0 Å². The van der Waals surface area contributed by atoms with Gasteiger partial charge in [-0.2, -0.15) is 0 Å². The average molecular weight is 201 g/mol. The molecule has 0 rings (SSSR count). The molecule has 1 amide bonds. The second-order valence-corrected chi connectivity index (χ2v) is 4.74. The Bertz CT molecular complexity index is 188. The molecule has 0 heterocycles. The molecular formula is C11H23NO2. The van der Waals surface area contributed by atoms with Gasteiger partial charge in [-0.1, -0.05) is 13.8 Å². The van der Waals surface area contributed by atoms with Crippen molar-refractivity contribution in [2.45, 2.75) is 52.7 Å². The van der Waals surface area contributed by atoms with Crippen molar-refractivity contribution in [1.29, 1.82) is 0 Å². The Balaban J connectivity index is 3.99. The maximum Gasteiger partial charge on any atom is 0.223 e. The number of nitrogens with one attached hydrogen (secondary N) is 1. The molecule has 0 saturated carbocycles. The SMILES string of the molecule is COC(C)(C)CC(=O)N[C@H](C)C(C)C. The maximum absolute atomic E-state index is 11.5. The largest absolute Gasteiger partial charge is 0.378 e. The minimum absolute atomic E-state index is 0.0537. The number of carbonyl (C=O) groups is 1. The first-order chi connectivity index (χ1) is 6.28. The van der Waals surface area contributed by atoms with Crippen molar-refractivity contribution in [3.05, 3.63) is 0 Å². The third-order valence-electron chi connectivity index (χ3n) is 2.53. The van der Waals surface area contributed by atoms with E-state index in [9.17, 15) is 4.79 Å². The van der Waals surface area contributed by atoms with Gasteiger partial charge < -0.3 is 10.1 Å². The lowest BCUT2D eigenvalue weighted by Crippen LogP contribution is -2.40. The normalized spacial score (nSPS) is 14.2. The first-order valence-corrected chi connectivity index (χ1v) is 5.13. The van der Waals surface area contributed by atoms with E-state index in [0.717, 1.165) is 0 Å². The molecule has 0 aromatic carbocycles. The third kappa shape index (κ3) is 5.22. The average Bonchev–Trinajstić information content (AvgIpc) is 2.02. The van der Waals surface area contributed by atoms with Crippen LogP contribution in [0, 0.1) is 5.92 Å². The van der Waals surface area contributed by atoms with Crippen molar-refractivity contribution >= 4 is 5.91 Å². The first-order valence-electron chi connectivity index (χ1n) is 5.13. The molecule has 0 spiro atoms.